The van der Waals surface area contributed by atoms with Gasteiger partial charge in [-0.15, -0.1) is 0 Å². The fourth-order valence-electron chi connectivity index (χ4n) is 2.86. The molecule has 0 N–H and O–H groups in total. The van der Waals surface area contributed by atoms with E-state index in [-0.39, 0.29) is 17.2 Å². The van der Waals surface area contributed by atoms with Gasteiger partial charge in [-0.25, -0.2) is 0 Å². The van der Waals surface area contributed by atoms with Gasteiger partial charge in [0.15, 0.2) is 0 Å². The number of carbonyl (C=O) groups excluding carboxylic acids is 1. The zero-order valence-electron chi connectivity index (χ0n) is 12.2. The molecule has 0 unspecified atom stereocenters. The first kappa shape index (κ1) is 14.7. The number of Topliss-reactive ketones (excluding diaryl/α,β-unsaturated/α-hetero) is 1. The van der Waals surface area contributed by atoms with Gasteiger partial charge in [0.2, 0.25) is 0 Å². The lowest BCUT2D eigenvalue weighted by atomic mass is 9.81. The minimum absolute atomic E-state index is 0.207. The van der Waals surface area contributed by atoms with E-state index in [1.165, 1.54) is 0 Å². The third-order valence-corrected chi connectivity index (χ3v) is 3.52. The van der Waals surface area contributed by atoms with Crippen molar-refractivity contribution in [3.63, 3.8) is 0 Å². The quantitative estimate of drug-likeness (QED) is 0.756. The number of carbonyl (C=O) groups is 1. The monoisotopic (exact) mass is 241 g/mol. The highest BCUT2D eigenvalue weighted by atomic mass is 16.7. The Morgan fingerprint density at radius 1 is 1.12 bits per heavy atom. The molecule has 3 nitrogen and oxygen atoms in total. The van der Waals surface area contributed by atoms with Crippen LogP contribution in [0.15, 0.2) is 0 Å². The number of ketones is 1. The molecule has 0 saturated carbocycles. The zero-order chi connectivity index (χ0) is 13.3. The predicted molar refractivity (Wildman–Crippen MR) is 69.7 cm³/mol. The summed E-state index contributed by atoms with van der Waals surface area (Å²) in [6, 6.07) is 0. The van der Waals surface area contributed by atoms with Crippen molar-refractivity contribution in [3.05, 3.63) is 0 Å². The summed E-state index contributed by atoms with van der Waals surface area (Å²) in [5.74, 6) is 0.337. The lowest BCUT2D eigenvalue weighted by molar-refractivity contribution is -0.299. The number of rotatable bonds is 4. The van der Waals surface area contributed by atoms with Crippen LogP contribution >= 0.6 is 0 Å². The highest BCUT2D eigenvalue weighted by molar-refractivity contribution is 5.81. The minimum atomic E-state index is -0.207. The average molecular weight is 241 g/mol. The standard InChI is InChI=1S/C14H27NO2/c1-7-12(8-2)17-15-13(3,4)9-11(16)10-14(15,5)6/h12H,7-10H2,1-6H3. The molecule has 3 heteroatoms. The molecular formula is C14H27NO2. The maximum atomic E-state index is 11.8. The first-order valence-electron chi connectivity index (χ1n) is 6.71. The molecule has 100 valence electrons. The minimum Gasteiger partial charge on any atom is -0.300 e. The van der Waals surface area contributed by atoms with E-state index in [1.54, 1.807) is 0 Å². The van der Waals surface area contributed by atoms with E-state index < -0.39 is 0 Å². The lowest BCUT2D eigenvalue weighted by Gasteiger charge is -2.51. The van der Waals surface area contributed by atoms with Gasteiger partial charge in [-0.05, 0) is 40.5 Å². The maximum absolute atomic E-state index is 11.8. The Balaban J connectivity index is 2.88. The molecule has 1 aliphatic heterocycles. The second-order valence-corrected chi connectivity index (χ2v) is 6.36. The molecule has 0 atom stereocenters. The van der Waals surface area contributed by atoms with Crippen LogP contribution in [0.1, 0.15) is 67.2 Å². The molecule has 1 rings (SSSR count). The molecule has 1 aliphatic rings. The molecule has 0 spiro atoms. The molecule has 0 aromatic rings. The van der Waals surface area contributed by atoms with Gasteiger partial charge in [0.1, 0.15) is 5.78 Å². The summed E-state index contributed by atoms with van der Waals surface area (Å²) in [7, 11) is 0. The van der Waals surface area contributed by atoms with E-state index in [4.69, 9.17) is 4.84 Å². The average Bonchev–Trinajstić information content (AvgIpc) is 2.14. The van der Waals surface area contributed by atoms with Crippen molar-refractivity contribution in [2.75, 3.05) is 0 Å². The number of nitrogens with zero attached hydrogens (tertiary/aromatic N) is 1. The summed E-state index contributed by atoms with van der Waals surface area (Å²) >= 11 is 0. The third kappa shape index (κ3) is 3.29. The normalized spacial score (nSPS) is 24.3. The summed E-state index contributed by atoms with van der Waals surface area (Å²) in [6.45, 7) is 12.7. The van der Waals surface area contributed by atoms with Gasteiger partial charge in [-0.3, -0.25) is 9.63 Å². The van der Waals surface area contributed by atoms with Gasteiger partial charge in [0.25, 0.3) is 0 Å². The second kappa shape index (κ2) is 5.07. The largest absolute Gasteiger partial charge is 0.300 e. The highest BCUT2D eigenvalue weighted by Gasteiger charge is 2.46. The van der Waals surface area contributed by atoms with Crippen molar-refractivity contribution < 1.29 is 9.63 Å². The molecule has 0 radical (unpaired) electrons. The zero-order valence-corrected chi connectivity index (χ0v) is 12.2. The molecule has 0 amide bonds. The van der Waals surface area contributed by atoms with Crippen molar-refractivity contribution in [2.45, 2.75) is 84.4 Å². The van der Waals surface area contributed by atoms with Crippen LogP contribution in [0.3, 0.4) is 0 Å². The maximum Gasteiger partial charge on any atom is 0.136 e. The Morgan fingerprint density at radius 2 is 1.53 bits per heavy atom. The van der Waals surface area contributed by atoms with Crippen molar-refractivity contribution >= 4 is 5.78 Å². The Bertz CT molecular complexity index is 260. The molecule has 1 fully saturated rings. The van der Waals surface area contributed by atoms with Gasteiger partial charge < -0.3 is 0 Å². The van der Waals surface area contributed by atoms with Gasteiger partial charge in [-0.1, -0.05) is 13.8 Å². The predicted octanol–water partition coefficient (Wildman–Crippen LogP) is 3.33. The Kier molecular flexibility index (Phi) is 4.37. The molecule has 17 heavy (non-hydrogen) atoms. The van der Waals surface area contributed by atoms with Crippen molar-refractivity contribution in [3.8, 4) is 0 Å². The Hall–Kier alpha value is -0.410. The van der Waals surface area contributed by atoms with E-state index in [1.807, 2.05) is 0 Å². The third-order valence-electron chi connectivity index (χ3n) is 3.52. The van der Waals surface area contributed by atoms with Crippen molar-refractivity contribution in [1.29, 1.82) is 0 Å². The van der Waals surface area contributed by atoms with Crippen LogP contribution in [-0.2, 0) is 9.63 Å². The topological polar surface area (TPSA) is 29.5 Å². The summed E-state index contributed by atoms with van der Waals surface area (Å²) in [5.41, 5.74) is -0.414. The smallest absolute Gasteiger partial charge is 0.136 e. The summed E-state index contributed by atoms with van der Waals surface area (Å²) in [6.07, 6.45) is 3.43. The summed E-state index contributed by atoms with van der Waals surface area (Å²) in [5, 5.41) is 2.07. The number of hydrogen-bond acceptors (Lipinski definition) is 3. The first-order chi connectivity index (χ1) is 7.73. The summed E-state index contributed by atoms with van der Waals surface area (Å²) in [4.78, 5) is 17.9. The van der Waals surface area contributed by atoms with Crippen LogP contribution in [0.2, 0.25) is 0 Å². The van der Waals surface area contributed by atoms with Crippen molar-refractivity contribution in [1.82, 2.24) is 5.06 Å². The van der Waals surface area contributed by atoms with E-state index in [0.717, 1.165) is 12.8 Å². The molecule has 0 aliphatic carbocycles. The number of piperidine rings is 1. The molecule has 0 bridgehead atoms. The fourth-order valence-corrected chi connectivity index (χ4v) is 2.86. The van der Waals surface area contributed by atoms with Crippen LogP contribution in [0.4, 0.5) is 0 Å². The van der Waals surface area contributed by atoms with Crippen LogP contribution in [0, 0.1) is 0 Å². The van der Waals surface area contributed by atoms with Crippen LogP contribution in [0.5, 0.6) is 0 Å². The molecule has 1 heterocycles. The second-order valence-electron chi connectivity index (χ2n) is 6.36. The van der Waals surface area contributed by atoms with Crippen LogP contribution in [-0.4, -0.2) is 28.0 Å². The van der Waals surface area contributed by atoms with Crippen LogP contribution in [0.25, 0.3) is 0 Å². The van der Waals surface area contributed by atoms with Gasteiger partial charge in [0.05, 0.1) is 6.10 Å². The van der Waals surface area contributed by atoms with E-state index in [0.29, 0.717) is 18.6 Å². The van der Waals surface area contributed by atoms with E-state index in [9.17, 15) is 4.79 Å². The molecule has 0 aromatic carbocycles. The van der Waals surface area contributed by atoms with Crippen molar-refractivity contribution in [2.24, 2.45) is 0 Å². The highest BCUT2D eigenvalue weighted by Crippen LogP contribution is 2.37. The van der Waals surface area contributed by atoms with E-state index in [2.05, 4.69) is 46.6 Å². The fraction of sp³-hybridized carbons (Fsp3) is 0.929. The lowest BCUT2D eigenvalue weighted by Crippen LogP contribution is -2.61. The van der Waals surface area contributed by atoms with Crippen LogP contribution < -0.4 is 0 Å². The van der Waals surface area contributed by atoms with Gasteiger partial charge in [-0.2, -0.15) is 5.06 Å². The summed E-state index contributed by atoms with van der Waals surface area (Å²) < 4.78 is 0. The first-order valence-corrected chi connectivity index (χ1v) is 6.71. The van der Waals surface area contributed by atoms with Gasteiger partial charge >= 0.3 is 0 Å². The number of hydrogen-bond donors (Lipinski definition) is 0. The Labute approximate surface area is 105 Å². The Morgan fingerprint density at radius 3 is 1.88 bits per heavy atom. The van der Waals surface area contributed by atoms with E-state index >= 15 is 0 Å². The van der Waals surface area contributed by atoms with Gasteiger partial charge in [0, 0.05) is 23.9 Å². The number of hydroxylamine groups is 2. The molecular weight excluding hydrogens is 214 g/mol. The molecule has 0 aromatic heterocycles. The SMILES string of the molecule is CCC(CC)ON1C(C)(C)CC(=O)CC1(C)C. The molecule has 1 saturated heterocycles.